The summed E-state index contributed by atoms with van der Waals surface area (Å²) in [6.07, 6.45) is 5.30. The van der Waals surface area contributed by atoms with Crippen LogP contribution in [0.4, 0.5) is 0 Å². The van der Waals surface area contributed by atoms with E-state index in [1.165, 1.54) is 0 Å². The molecule has 1 aliphatic heterocycles. The molecule has 0 saturated heterocycles. The van der Waals surface area contributed by atoms with Gasteiger partial charge in [0.1, 0.15) is 0 Å². The summed E-state index contributed by atoms with van der Waals surface area (Å²) < 4.78 is 4.78. The maximum Gasteiger partial charge on any atom is 0.339 e. The van der Waals surface area contributed by atoms with Gasteiger partial charge >= 0.3 is 5.97 Å². The van der Waals surface area contributed by atoms with Gasteiger partial charge in [0.15, 0.2) is 0 Å². The van der Waals surface area contributed by atoms with E-state index in [1.807, 2.05) is 6.08 Å². The summed E-state index contributed by atoms with van der Waals surface area (Å²) >= 11 is 0. The quantitative estimate of drug-likeness (QED) is 0.590. The molecule has 0 unspecified atom stereocenters. The minimum Gasteiger partial charge on any atom is -0.462 e. The van der Waals surface area contributed by atoms with Crippen molar-refractivity contribution in [1.29, 1.82) is 0 Å². The van der Waals surface area contributed by atoms with Crippen molar-refractivity contribution < 1.29 is 9.53 Å². The molecule has 11 heavy (non-hydrogen) atoms. The van der Waals surface area contributed by atoms with E-state index in [4.69, 9.17) is 4.74 Å². The van der Waals surface area contributed by atoms with Crippen LogP contribution in [0, 0.1) is 0 Å². The van der Waals surface area contributed by atoms with Gasteiger partial charge in [-0.2, -0.15) is 0 Å². The third kappa shape index (κ3) is 2.11. The van der Waals surface area contributed by atoms with Gasteiger partial charge in [-0.3, -0.25) is 0 Å². The molecule has 0 radical (unpaired) electrons. The van der Waals surface area contributed by atoms with Crippen LogP contribution in [0.2, 0.25) is 0 Å². The Morgan fingerprint density at radius 3 is 3.18 bits per heavy atom. The smallest absolute Gasteiger partial charge is 0.339 e. The molecule has 1 heterocycles. The Hall–Kier alpha value is -1.25. The van der Waals surface area contributed by atoms with Crippen molar-refractivity contribution in [3.05, 3.63) is 23.9 Å². The summed E-state index contributed by atoms with van der Waals surface area (Å²) in [5.74, 6) is -0.268. The van der Waals surface area contributed by atoms with Crippen LogP contribution < -0.4 is 5.32 Å². The molecule has 0 fully saturated rings. The minimum absolute atomic E-state index is 0.268. The Morgan fingerprint density at radius 1 is 1.82 bits per heavy atom. The molecule has 1 N–H and O–H groups in total. The lowest BCUT2D eigenvalue weighted by molar-refractivity contribution is -0.138. The third-order valence-electron chi connectivity index (χ3n) is 1.30. The zero-order chi connectivity index (χ0) is 8.10. The van der Waals surface area contributed by atoms with Gasteiger partial charge < -0.3 is 10.1 Å². The molecule has 0 atom stereocenters. The van der Waals surface area contributed by atoms with Gasteiger partial charge in [-0.25, -0.2) is 4.79 Å². The molecule has 0 aromatic carbocycles. The van der Waals surface area contributed by atoms with E-state index in [-0.39, 0.29) is 5.97 Å². The normalized spacial score (nSPS) is 15.2. The molecule has 0 spiro atoms. The van der Waals surface area contributed by atoms with Gasteiger partial charge in [-0.1, -0.05) is 6.08 Å². The summed E-state index contributed by atoms with van der Waals surface area (Å²) in [6, 6.07) is 0. The average Bonchev–Trinajstić information content (AvgIpc) is 2.07. The van der Waals surface area contributed by atoms with Crippen molar-refractivity contribution in [2.75, 3.05) is 13.2 Å². The number of hydrogen-bond acceptors (Lipinski definition) is 3. The van der Waals surface area contributed by atoms with Crippen LogP contribution in [0.1, 0.15) is 6.92 Å². The van der Waals surface area contributed by atoms with Gasteiger partial charge in [0.05, 0.1) is 12.2 Å². The molecule has 0 amide bonds. The number of carbonyl (C=O) groups is 1. The highest BCUT2D eigenvalue weighted by molar-refractivity contribution is 5.91. The van der Waals surface area contributed by atoms with Gasteiger partial charge in [0.2, 0.25) is 0 Å². The van der Waals surface area contributed by atoms with Crippen LogP contribution in [-0.4, -0.2) is 19.1 Å². The highest BCUT2D eigenvalue weighted by atomic mass is 16.5. The second-order valence-corrected chi connectivity index (χ2v) is 2.13. The molecule has 1 rings (SSSR count). The Labute approximate surface area is 65.7 Å². The monoisotopic (exact) mass is 153 g/mol. The molecule has 0 bridgehead atoms. The van der Waals surface area contributed by atoms with Crippen molar-refractivity contribution in [1.82, 2.24) is 5.32 Å². The van der Waals surface area contributed by atoms with Gasteiger partial charge in [-0.05, 0) is 13.0 Å². The first-order valence-electron chi connectivity index (χ1n) is 3.62. The van der Waals surface area contributed by atoms with E-state index in [0.717, 1.165) is 6.54 Å². The molecule has 1 aliphatic rings. The summed E-state index contributed by atoms with van der Waals surface area (Å²) in [5, 5.41) is 2.92. The number of nitrogens with one attached hydrogen (secondary N) is 1. The lowest BCUT2D eigenvalue weighted by Crippen LogP contribution is -2.15. The number of esters is 1. The Morgan fingerprint density at radius 2 is 2.64 bits per heavy atom. The Kier molecular flexibility index (Phi) is 2.72. The van der Waals surface area contributed by atoms with Gasteiger partial charge in [0.25, 0.3) is 0 Å². The average molecular weight is 153 g/mol. The van der Waals surface area contributed by atoms with Crippen molar-refractivity contribution in [2.45, 2.75) is 6.92 Å². The summed E-state index contributed by atoms with van der Waals surface area (Å²) in [7, 11) is 0. The van der Waals surface area contributed by atoms with Crippen molar-refractivity contribution in [3.8, 4) is 0 Å². The standard InChI is InChI=1S/C8H11NO2/c1-2-11-8(10)7-4-3-5-9-6-7/h3-4,6,9H,2,5H2,1H3. The number of dihydropyridines is 1. The van der Waals surface area contributed by atoms with Gasteiger partial charge in [-0.15, -0.1) is 0 Å². The van der Waals surface area contributed by atoms with E-state index in [0.29, 0.717) is 12.2 Å². The lowest BCUT2D eigenvalue weighted by atomic mass is 10.2. The van der Waals surface area contributed by atoms with Crippen LogP contribution in [0.3, 0.4) is 0 Å². The molecule has 0 aromatic heterocycles. The summed E-state index contributed by atoms with van der Waals surface area (Å²) in [5.41, 5.74) is 0.582. The Bertz CT molecular complexity index is 206. The van der Waals surface area contributed by atoms with Crippen molar-refractivity contribution >= 4 is 5.97 Å². The third-order valence-corrected chi connectivity index (χ3v) is 1.30. The minimum atomic E-state index is -0.268. The maximum absolute atomic E-state index is 11.0. The van der Waals surface area contributed by atoms with Crippen LogP contribution in [-0.2, 0) is 9.53 Å². The SMILES string of the molecule is CCOC(=O)C1=CNCC=C1. The predicted octanol–water partition coefficient (Wildman–Crippen LogP) is 0.593. The first-order chi connectivity index (χ1) is 5.34. The second kappa shape index (κ2) is 3.81. The zero-order valence-electron chi connectivity index (χ0n) is 6.46. The number of carbonyl (C=O) groups excluding carboxylic acids is 1. The first-order valence-corrected chi connectivity index (χ1v) is 3.62. The fourth-order valence-corrected chi connectivity index (χ4v) is 0.812. The number of hydrogen-bond donors (Lipinski definition) is 1. The van der Waals surface area contributed by atoms with Crippen LogP contribution in [0.5, 0.6) is 0 Å². The van der Waals surface area contributed by atoms with Crippen LogP contribution in [0.25, 0.3) is 0 Å². The van der Waals surface area contributed by atoms with E-state index < -0.39 is 0 Å². The topological polar surface area (TPSA) is 38.3 Å². The van der Waals surface area contributed by atoms with E-state index in [1.54, 1.807) is 19.2 Å². The second-order valence-electron chi connectivity index (χ2n) is 2.13. The van der Waals surface area contributed by atoms with Gasteiger partial charge in [0, 0.05) is 12.7 Å². The van der Waals surface area contributed by atoms with E-state index in [9.17, 15) is 4.79 Å². The number of rotatable bonds is 2. The van der Waals surface area contributed by atoms with Crippen LogP contribution >= 0.6 is 0 Å². The van der Waals surface area contributed by atoms with Crippen molar-refractivity contribution in [3.63, 3.8) is 0 Å². The largest absolute Gasteiger partial charge is 0.462 e. The summed E-state index contributed by atoms with van der Waals surface area (Å²) in [6.45, 7) is 2.99. The zero-order valence-corrected chi connectivity index (χ0v) is 6.46. The molecule has 0 saturated carbocycles. The lowest BCUT2D eigenvalue weighted by Gasteiger charge is -2.06. The number of ether oxygens (including phenoxy) is 1. The van der Waals surface area contributed by atoms with E-state index >= 15 is 0 Å². The molecular formula is C8H11NO2. The van der Waals surface area contributed by atoms with E-state index in [2.05, 4.69) is 5.32 Å². The van der Waals surface area contributed by atoms with Crippen molar-refractivity contribution in [2.24, 2.45) is 0 Å². The summed E-state index contributed by atoms with van der Waals surface area (Å²) in [4.78, 5) is 11.0. The van der Waals surface area contributed by atoms with Crippen LogP contribution in [0.15, 0.2) is 23.9 Å². The fraction of sp³-hybridized carbons (Fsp3) is 0.375. The maximum atomic E-state index is 11.0. The molecule has 3 nitrogen and oxygen atoms in total. The molecule has 0 aliphatic carbocycles. The fourth-order valence-electron chi connectivity index (χ4n) is 0.812. The molecular weight excluding hydrogens is 142 g/mol. The highest BCUT2D eigenvalue weighted by Gasteiger charge is 2.07. The molecule has 3 heteroatoms. The highest BCUT2D eigenvalue weighted by Crippen LogP contribution is 2.01. The molecule has 0 aromatic rings. The Balaban J connectivity index is 2.52. The predicted molar refractivity (Wildman–Crippen MR) is 41.9 cm³/mol. The first kappa shape index (κ1) is 7.85. The molecule has 60 valence electrons.